The smallest absolute Gasteiger partial charge is 0.258 e. The molecule has 232 valence electrons. The first-order valence-electron chi connectivity index (χ1n) is 14.6. The van der Waals surface area contributed by atoms with Crippen molar-refractivity contribution in [3.05, 3.63) is 87.9 Å². The quantitative estimate of drug-likeness (QED) is 0.204. The number of alkyl halides is 2. The Labute approximate surface area is 272 Å². The average molecular weight is 670 g/mol. The molecule has 2 aliphatic heterocycles. The van der Waals surface area contributed by atoms with Gasteiger partial charge in [0.15, 0.2) is 21.2 Å². The second kappa shape index (κ2) is 10.7. The van der Waals surface area contributed by atoms with E-state index in [4.69, 9.17) is 27.9 Å². The summed E-state index contributed by atoms with van der Waals surface area (Å²) in [4.78, 5) is 55.2. The fraction of sp³-hybridized carbons (Fsp3) is 0.333. The Morgan fingerprint density at radius 1 is 1.00 bits per heavy atom. The number of allylic oxidation sites excluding steroid dienone is 2. The molecule has 7 rings (SSSR count). The van der Waals surface area contributed by atoms with Crippen LogP contribution in [0.25, 0.3) is 0 Å². The van der Waals surface area contributed by atoms with Crippen molar-refractivity contribution in [3.63, 3.8) is 0 Å². The molecule has 2 aliphatic carbocycles. The predicted octanol–water partition coefficient (Wildman–Crippen LogP) is 5.76. The number of carbonyl (C=O) groups is 4. The van der Waals surface area contributed by atoms with Gasteiger partial charge in [-0.05, 0) is 67.5 Å². The number of fused-ring (bicyclic) bond motifs is 4. The first kappa shape index (κ1) is 30.0. The van der Waals surface area contributed by atoms with Crippen molar-refractivity contribution in [3.8, 4) is 11.5 Å². The number of phenols is 1. The Balaban J connectivity index is 1.40. The third kappa shape index (κ3) is 4.15. The first-order valence-corrected chi connectivity index (χ1v) is 16.2. The van der Waals surface area contributed by atoms with E-state index in [0.29, 0.717) is 5.57 Å². The number of rotatable bonds is 6. The van der Waals surface area contributed by atoms with E-state index in [-0.39, 0.29) is 60.6 Å². The van der Waals surface area contributed by atoms with Crippen LogP contribution in [0.5, 0.6) is 11.5 Å². The number of thiophene rings is 1. The number of imide groups is 2. The van der Waals surface area contributed by atoms with Crippen molar-refractivity contribution in [1.82, 2.24) is 4.90 Å². The van der Waals surface area contributed by atoms with E-state index in [1.807, 2.05) is 23.6 Å². The molecule has 45 heavy (non-hydrogen) atoms. The van der Waals surface area contributed by atoms with Gasteiger partial charge in [-0.15, -0.1) is 34.5 Å². The van der Waals surface area contributed by atoms with E-state index in [1.165, 1.54) is 28.4 Å². The zero-order valence-corrected chi connectivity index (χ0v) is 26.2. The zero-order chi connectivity index (χ0) is 31.8. The lowest BCUT2D eigenvalue weighted by Crippen LogP contribution is -2.60. The number of likely N-dealkylation sites (tertiary alicyclic amines) is 1. The number of amides is 4. The monoisotopic (exact) mass is 668 g/mol. The summed E-state index contributed by atoms with van der Waals surface area (Å²) >= 11 is 16.2. The van der Waals surface area contributed by atoms with Gasteiger partial charge in [0.1, 0.15) is 5.82 Å². The summed E-state index contributed by atoms with van der Waals surface area (Å²) in [6.45, 7) is 2.13. The van der Waals surface area contributed by atoms with Crippen LogP contribution in [0.3, 0.4) is 0 Å². The summed E-state index contributed by atoms with van der Waals surface area (Å²) < 4.78 is 19.5. The Kier molecular flexibility index (Phi) is 7.11. The third-order valence-electron chi connectivity index (χ3n) is 9.52. The number of anilines is 1. The Bertz CT molecular complexity index is 1780. The third-order valence-corrected chi connectivity index (χ3v) is 11.8. The second-order valence-corrected chi connectivity index (χ2v) is 14.0. The Morgan fingerprint density at radius 2 is 1.76 bits per heavy atom. The van der Waals surface area contributed by atoms with E-state index in [9.17, 15) is 28.7 Å². The van der Waals surface area contributed by atoms with Crippen LogP contribution in [0, 0.1) is 23.6 Å². The van der Waals surface area contributed by atoms with Gasteiger partial charge in [0, 0.05) is 16.4 Å². The number of carbonyl (C=O) groups excluding carboxylic acids is 4. The minimum Gasteiger partial charge on any atom is -0.504 e. The van der Waals surface area contributed by atoms with Gasteiger partial charge in [-0.2, -0.15) is 0 Å². The highest BCUT2D eigenvalue weighted by atomic mass is 35.5. The summed E-state index contributed by atoms with van der Waals surface area (Å²) in [5, 5.41) is 13.3. The number of hydrogen-bond acceptors (Lipinski definition) is 7. The average Bonchev–Trinajstić information content (AvgIpc) is 3.66. The van der Waals surface area contributed by atoms with Crippen LogP contribution in [0.2, 0.25) is 0 Å². The summed E-state index contributed by atoms with van der Waals surface area (Å²) in [5.41, 5.74) is 0.827. The van der Waals surface area contributed by atoms with Crippen molar-refractivity contribution in [2.75, 3.05) is 11.5 Å². The molecule has 8 nitrogen and oxygen atoms in total. The molecule has 1 N–H and O–H groups in total. The molecule has 0 unspecified atom stereocenters. The fourth-order valence-electron chi connectivity index (χ4n) is 7.57. The molecular formula is C33H27Cl2FN2O6S. The van der Waals surface area contributed by atoms with Crippen LogP contribution in [0.1, 0.15) is 36.1 Å². The van der Waals surface area contributed by atoms with Gasteiger partial charge in [-0.25, -0.2) is 9.29 Å². The van der Waals surface area contributed by atoms with Gasteiger partial charge in [-0.1, -0.05) is 29.8 Å². The highest BCUT2D eigenvalue weighted by Crippen LogP contribution is 2.66. The maximum atomic E-state index is 14.4. The zero-order valence-electron chi connectivity index (χ0n) is 23.9. The van der Waals surface area contributed by atoms with E-state index < -0.39 is 51.1 Å². The molecule has 2 saturated heterocycles. The molecule has 2 aromatic carbocycles. The van der Waals surface area contributed by atoms with E-state index in [0.717, 1.165) is 21.9 Å². The highest BCUT2D eigenvalue weighted by Gasteiger charge is 2.77. The number of halogens is 3. The molecule has 0 spiro atoms. The number of nitrogens with zero attached hydrogens (tertiary/aromatic N) is 2. The number of ether oxygens (including phenoxy) is 1. The van der Waals surface area contributed by atoms with Gasteiger partial charge in [0.25, 0.3) is 11.8 Å². The molecule has 12 heteroatoms. The minimum absolute atomic E-state index is 0.0796. The van der Waals surface area contributed by atoms with Crippen molar-refractivity contribution in [2.45, 2.75) is 42.0 Å². The minimum atomic E-state index is -2.15. The Hall–Kier alpha value is -3.73. The molecule has 1 aromatic heterocycles. The van der Waals surface area contributed by atoms with Crippen LogP contribution in [0.4, 0.5) is 10.1 Å². The summed E-state index contributed by atoms with van der Waals surface area (Å²) in [6, 6.07) is 13.3. The Morgan fingerprint density at radius 3 is 2.44 bits per heavy atom. The van der Waals surface area contributed by atoms with Crippen molar-refractivity contribution in [1.29, 1.82) is 0 Å². The number of para-hydroxylation sites is 1. The molecule has 6 atom stereocenters. The van der Waals surface area contributed by atoms with Crippen LogP contribution in [0.15, 0.2) is 71.6 Å². The van der Waals surface area contributed by atoms with E-state index in [1.54, 1.807) is 25.1 Å². The topological polar surface area (TPSA) is 104 Å². The fourth-order valence-corrected chi connectivity index (χ4v) is 9.19. The predicted molar refractivity (Wildman–Crippen MR) is 166 cm³/mol. The van der Waals surface area contributed by atoms with Gasteiger partial charge < -0.3 is 9.84 Å². The maximum Gasteiger partial charge on any atom is 0.258 e. The van der Waals surface area contributed by atoms with Crippen LogP contribution >= 0.6 is 34.5 Å². The van der Waals surface area contributed by atoms with Crippen molar-refractivity contribution >= 4 is 63.9 Å². The largest absolute Gasteiger partial charge is 0.504 e. The van der Waals surface area contributed by atoms with Crippen molar-refractivity contribution < 1.29 is 33.4 Å². The molecule has 3 heterocycles. The van der Waals surface area contributed by atoms with Gasteiger partial charge in [0.05, 0.1) is 30.7 Å². The molecule has 4 amide bonds. The van der Waals surface area contributed by atoms with Crippen LogP contribution in [-0.4, -0.2) is 50.0 Å². The number of hydrogen-bond donors (Lipinski definition) is 1. The SMILES string of the molecule is CCOc1cccc([C@H]2C3=CC[C@@H]4C(=O)N(Cc5cccs5)C(=O)[C@@H]4[C@@H]3C[C@@]3(Cl)C(=O)N(c4ccc(F)cc4)C(=O)[C@@]23Cl)c1O. The summed E-state index contributed by atoms with van der Waals surface area (Å²) in [5.74, 6) is -6.49. The molecule has 3 fully saturated rings. The second-order valence-electron chi connectivity index (χ2n) is 11.7. The molecular weight excluding hydrogens is 642 g/mol. The lowest BCUT2D eigenvalue weighted by Gasteiger charge is -2.50. The van der Waals surface area contributed by atoms with Gasteiger partial charge in [-0.3, -0.25) is 24.1 Å². The van der Waals surface area contributed by atoms with Gasteiger partial charge >= 0.3 is 0 Å². The van der Waals surface area contributed by atoms with Crippen LogP contribution in [-0.2, 0) is 25.7 Å². The summed E-state index contributed by atoms with van der Waals surface area (Å²) in [6.07, 6.45) is 1.81. The lowest BCUT2D eigenvalue weighted by atomic mass is 9.56. The normalized spacial score (nSPS) is 30.7. The standard InChI is InChI=1S/C33H27Cl2FN2O6S/c1-2-44-24-7-3-6-22(27(24)39)26-20-12-13-21-25(29(41)37(28(21)40)16-19-5-4-14-45-19)23(20)15-32(34)30(42)38(31(43)33(26,32)35)18-10-8-17(36)9-11-18/h3-12,14,21,23,25-26,39H,2,13,15-16H2,1H3/t21-,23+,25-,26+,32+,33-/m0/s1. The highest BCUT2D eigenvalue weighted by molar-refractivity contribution is 7.09. The summed E-state index contributed by atoms with van der Waals surface area (Å²) in [7, 11) is 0. The molecule has 0 bridgehead atoms. The van der Waals surface area contributed by atoms with E-state index >= 15 is 0 Å². The molecule has 1 saturated carbocycles. The lowest BCUT2D eigenvalue weighted by molar-refractivity contribution is -0.141. The first-order chi connectivity index (χ1) is 21.5. The molecule has 4 aliphatic rings. The molecule has 0 radical (unpaired) electrons. The van der Waals surface area contributed by atoms with Gasteiger partial charge in [0.2, 0.25) is 11.8 Å². The number of phenolic OH excluding ortho intramolecular Hbond substituents is 1. The number of benzene rings is 2. The van der Waals surface area contributed by atoms with Crippen molar-refractivity contribution in [2.24, 2.45) is 17.8 Å². The maximum absolute atomic E-state index is 14.4. The number of aromatic hydroxyl groups is 1. The van der Waals surface area contributed by atoms with E-state index in [2.05, 4.69) is 0 Å². The van der Waals surface area contributed by atoms with Crippen LogP contribution < -0.4 is 9.64 Å². The molecule has 3 aromatic rings.